The molecule has 15 heavy (non-hydrogen) atoms. The van der Waals surface area contributed by atoms with Crippen molar-refractivity contribution in [3.63, 3.8) is 0 Å². The molecule has 1 saturated carbocycles. The van der Waals surface area contributed by atoms with Crippen LogP contribution in [0.5, 0.6) is 0 Å². The summed E-state index contributed by atoms with van der Waals surface area (Å²) in [6, 6.07) is 0. The van der Waals surface area contributed by atoms with Crippen LogP contribution in [0.15, 0.2) is 12.7 Å². The van der Waals surface area contributed by atoms with Crippen molar-refractivity contribution >= 4 is 0 Å². The van der Waals surface area contributed by atoms with Gasteiger partial charge in [0.1, 0.15) is 6.10 Å². The van der Waals surface area contributed by atoms with Gasteiger partial charge in [-0.25, -0.2) is 0 Å². The maximum atomic E-state index is 5.65. The molecule has 2 nitrogen and oxygen atoms in total. The Bertz CT molecular complexity index is 191. The smallest absolute Gasteiger partial charge is 0.104 e. The van der Waals surface area contributed by atoms with Crippen LogP contribution in [0.4, 0.5) is 0 Å². The Morgan fingerprint density at radius 1 is 1.13 bits per heavy atom. The highest BCUT2D eigenvalue weighted by atomic mass is 16.6. The van der Waals surface area contributed by atoms with Crippen molar-refractivity contribution in [1.82, 2.24) is 0 Å². The first kappa shape index (κ1) is 11.2. The molecular formula is C13H22O2. The number of rotatable bonds is 6. The molecule has 86 valence electrons. The van der Waals surface area contributed by atoms with Gasteiger partial charge in [0.25, 0.3) is 0 Å². The summed E-state index contributed by atoms with van der Waals surface area (Å²) in [5.74, 6) is 1.69. The predicted molar refractivity (Wildman–Crippen MR) is 60.8 cm³/mol. The molecule has 2 rings (SSSR count). The lowest BCUT2D eigenvalue weighted by Gasteiger charge is -2.27. The van der Waals surface area contributed by atoms with Crippen molar-refractivity contribution in [3.8, 4) is 0 Å². The molecular weight excluding hydrogens is 188 g/mol. The molecule has 2 aliphatic rings. The van der Waals surface area contributed by atoms with Crippen LogP contribution in [-0.2, 0) is 9.47 Å². The highest BCUT2D eigenvalue weighted by Crippen LogP contribution is 2.31. The van der Waals surface area contributed by atoms with Gasteiger partial charge < -0.3 is 9.47 Å². The van der Waals surface area contributed by atoms with Crippen LogP contribution in [-0.4, -0.2) is 25.9 Å². The van der Waals surface area contributed by atoms with Crippen LogP contribution < -0.4 is 0 Å². The van der Waals surface area contributed by atoms with Gasteiger partial charge in [-0.2, -0.15) is 0 Å². The number of ether oxygens (including phenoxy) is 2. The second kappa shape index (κ2) is 5.66. The van der Waals surface area contributed by atoms with Gasteiger partial charge in [0.2, 0.25) is 0 Å². The predicted octanol–water partition coefficient (Wildman–Crippen LogP) is 2.78. The van der Waals surface area contributed by atoms with Gasteiger partial charge in [-0.3, -0.25) is 0 Å². The molecule has 2 heteroatoms. The molecule has 1 atom stereocenters. The van der Waals surface area contributed by atoms with E-state index in [9.17, 15) is 0 Å². The van der Waals surface area contributed by atoms with Crippen LogP contribution >= 0.6 is 0 Å². The van der Waals surface area contributed by atoms with E-state index in [0.717, 1.165) is 31.7 Å². The van der Waals surface area contributed by atoms with E-state index in [1.807, 2.05) is 0 Å². The molecule has 0 amide bonds. The standard InChI is InChI=1S/C13H22O2/c1-2-3-11-4-6-12(7-5-11)8-14-9-13-10-15-13/h2,11-13H,1,3-10H2. The van der Waals surface area contributed by atoms with E-state index in [0.29, 0.717) is 6.10 Å². The fourth-order valence-electron chi connectivity index (χ4n) is 2.40. The minimum Gasteiger partial charge on any atom is -0.378 e. The third-order valence-electron chi connectivity index (χ3n) is 3.53. The SMILES string of the molecule is C=CCC1CCC(COCC2CO2)CC1. The average Bonchev–Trinajstić information content (AvgIpc) is 3.05. The zero-order chi connectivity index (χ0) is 10.5. The molecule has 1 saturated heterocycles. The van der Waals surface area contributed by atoms with Crippen LogP contribution in [0.25, 0.3) is 0 Å². The molecule has 2 fully saturated rings. The van der Waals surface area contributed by atoms with Crippen molar-refractivity contribution in [1.29, 1.82) is 0 Å². The van der Waals surface area contributed by atoms with E-state index in [-0.39, 0.29) is 0 Å². The summed E-state index contributed by atoms with van der Waals surface area (Å²) in [5.41, 5.74) is 0. The number of allylic oxidation sites excluding steroid dienone is 1. The van der Waals surface area contributed by atoms with Crippen molar-refractivity contribution in [2.45, 2.75) is 38.2 Å². The molecule has 0 aromatic heterocycles. The fourth-order valence-corrected chi connectivity index (χ4v) is 2.40. The molecule has 1 aliphatic heterocycles. The fraction of sp³-hybridized carbons (Fsp3) is 0.846. The third kappa shape index (κ3) is 3.96. The number of hydrogen-bond donors (Lipinski definition) is 0. The van der Waals surface area contributed by atoms with Crippen molar-refractivity contribution in [3.05, 3.63) is 12.7 Å². The van der Waals surface area contributed by atoms with E-state index in [1.165, 1.54) is 32.1 Å². The van der Waals surface area contributed by atoms with Crippen LogP contribution in [0, 0.1) is 11.8 Å². The van der Waals surface area contributed by atoms with Gasteiger partial charge in [-0.1, -0.05) is 6.08 Å². The molecule has 1 unspecified atom stereocenters. The van der Waals surface area contributed by atoms with Gasteiger partial charge in [0.05, 0.1) is 13.2 Å². The number of epoxide rings is 1. The molecule has 0 aromatic rings. The zero-order valence-electron chi connectivity index (χ0n) is 9.49. The Morgan fingerprint density at radius 2 is 1.80 bits per heavy atom. The van der Waals surface area contributed by atoms with Crippen molar-refractivity contribution in [2.75, 3.05) is 19.8 Å². The van der Waals surface area contributed by atoms with Gasteiger partial charge in [-0.15, -0.1) is 6.58 Å². The minimum absolute atomic E-state index is 0.419. The van der Waals surface area contributed by atoms with E-state index in [1.54, 1.807) is 0 Å². The summed E-state index contributed by atoms with van der Waals surface area (Å²) in [5, 5.41) is 0. The highest BCUT2D eigenvalue weighted by molar-refractivity contribution is 4.79. The van der Waals surface area contributed by atoms with Crippen LogP contribution in [0.2, 0.25) is 0 Å². The molecule has 0 spiro atoms. The van der Waals surface area contributed by atoms with Crippen molar-refractivity contribution in [2.24, 2.45) is 11.8 Å². The summed E-state index contributed by atoms with van der Waals surface area (Å²) in [6.07, 6.45) is 9.07. The normalized spacial score (nSPS) is 35.1. The summed E-state index contributed by atoms with van der Waals surface area (Å²) < 4.78 is 10.8. The molecule has 0 radical (unpaired) electrons. The van der Waals surface area contributed by atoms with E-state index >= 15 is 0 Å². The Kier molecular flexibility index (Phi) is 4.21. The Labute approximate surface area is 92.6 Å². The minimum atomic E-state index is 0.419. The maximum absolute atomic E-state index is 5.65. The van der Waals surface area contributed by atoms with Crippen LogP contribution in [0.1, 0.15) is 32.1 Å². The molecule has 1 aliphatic carbocycles. The first-order valence-corrected chi connectivity index (χ1v) is 6.18. The van der Waals surface area contributed by atoms with Gasteiger partial charge in [0.15, 0.2) is 0 Å². The number of hydrogen-bond acceptors (Lipinski definition) is 2. The quantitative estimate of drug-likeness (QED) is 0.496. The Hall–Kier alpha value is -0.340. The third-order valence-corrected chi connectivity index (χ3v) is 3.53. The lowest BCUT2D eigenvalue weighted by atomic mass is 9.81. The topological polar surface area (TPSA) is 21.8 Å². The molecule has 0 aromatic carbocycles. The summed E-state index contributed by atoms with van der Waals surface area (Å²) in [6.45, 7) is 6.48. The van der Waals surface area contributed by atoms with Gasteiger partial charge >= 0.3 is 0 Å². The van der Waals surface area contributed by atoms with Crippen molar-refractivity contribution < 1.29 is 9.47 Å². The zero-order valence-corrected chi connectivity index (χ0v) is 9.49. The Morgan fingerprint density at radius 3 is 2.40 bits per heavy atom. The monoisotopic (exact) mass is 210 g/mol. The lowest BCUT2D eigenvalue weighted by Crippen LogP contribution is -2.19. The Balaban J connectivity index is 1.54. The largest absolute Gasteiger partial charge is 0.378 e. The molecule has 0 bridgehead atoms. The van der Waals surface area contributed by atoms with Gasteiger partial charge in [-0.05, 0) is 43.9 Å². The average molecular weight is 210 g/mol. The summed E-state index contributed by atoms with van der Waals surface area (Å²) >= 11 is 0. The first-order valence-electron chi connectivity index (χ1n) is 6.18. The van der Waals surface area contributed by atoms with Crippen LogP contribution in [0.3, 0.4) is 0 Å². The molecule has 0 N–H and O–H groups in total. The summed E-state index contributed by atoms with van der Waals surface area (Å²) in [7, 11) is 0. The van der Waals surface area contributed by atoms with Gasteiger partial charge in [0, 0.05) is 6.61 Å². The lowest BCUT2D eigenvalue weighted by molar-refractivity contribution is 0.0676. The van der Waals surface area contributed by atoms with E-state index in [4.69, 9.17) is 9.47 Å². The molecule has 1 heterocycles. The summed E-state index contributed by atoms with van der Waals surface area (Å²) in [4.78, 5) is 0. The van der Waals surface area contributed by atoms with E-state index in [2.05, 4.69) is 12.7 Å². The second-order valence-corrected chi connectivity index (χ2v) is 4.90. The highest BCUT2D eigenvalue weighted by Gasteiger charge is 2.24. The second-order valence-electron chi connectivity index (χ2n) is 4.90. The first-order chi connectivity index (χ1) is 7.38. The maximum Gasteiger partial charge on any atom is 0.104 e. The van der Waals surface area contributed by atoms with E-state index < -0.39 is 0 Å².